The second kappa shape index (κ2) is 5.93. The van der Waals surface area contributed by atoms with Gasteiger partial charge in [-0.2, -0.15) is 13.2 Å². The van der Waals surface area contributed by atoms with Gasteiger partial charge in [-0.05, 0) is 42.3 Å². The molecule has 1 nitrogen and oxygen atoms in total. The third-order valence-electron chi connectivity index (χ3n) is 3.03. The minimum Gasteiger partial charge on any atom is -0.381 e. The molecular formula is C15H12ClF4N. The quantitative estimate of drug-likeness (QED) is 0.745. The first-order valence-corrected chi connectivity index (χ1v) is 6.51. The van der Waals surface area contributed by atoms with Crippen molar-refractivity contribution >= 4 is 17.3 Å². The van der Waals surface area contributed by atoms with Gasteiger partial charge in [-0.15, -0.1) is 0 Å². The third-order valence-corrected chi connectivity index (χ3v) is 3.34. The SMILES string of the molecule is Cc1ccc(C(F)(F)F)cc1NCc1ccc(Cl)c(F)c1. The largest absolute Gasteiger partial charge is 0.416 e. The normalized spacial score (nSPS) is 11.5. The molecule has 0 aliphatic carbocycles. The van der Waals surface area contributed by atoms with Crippen LogP contribution in [0.3, 0.4) is 0 Å². The lowest BCUT2D eigenvalue weighted by atomic mass is 10.1. The molecule has 21 heavy (non-hydrogen) atoms. The van der Waals surface area contributed by atoms with Crippen molar-refractivity contribution in [1.82, 2.24) is 0 Å². The number of hydrogen-bond donors (Lipinski definition) is 1. The zero-order valence-corrected chi connectivity index (χ0v) is 11.8. The number of rotatable bonds is 3. The number of benzene rings is 2. The van der Waals surface area contributed by atoms with Gasteiger partial charge in [0.25, 0.3) is 0 Å². The monoisotopic (exact) mass is 317 g/mol. The molecule has 0 aliphatic rings. The van der Waals surface area contributed by atoms with E-state index in [1.54, 1.807) is 13.0 Å². The summed E-state index contributed by atoms with van der Waals surface area (Å²) in [6, 6.07) is 7.74. The van der Waals surface area contributed by atoms with Gasteiger partial charge in [0.15, 0.2) is 0 Å². The van der Waals surface area contributed by atoms with Crippen LogP contribution in [0.2, 0.25) is 5.02 Å². The van der Waals surface area contributed by atoms with Gasteiger partial charge < -0.3 is 5.32 Å². The molecule has 0 amide bonds. The Morgan fingerprint density at radius 1 is 1.10 bits per heavy atom. The highest BCUT2D eigenvalue weighted by Gasteiger charge is 2.30. The second-order valence-electron chi connectivity index (χ2n) is 4.63. The topological polar surface area (TPSA) is 12.0 Å². The van der Waals surface area contributed by atoms with Crippen LogP contribution < -0.4 is 5.32 Å². The Morgan fingerprint density at radius 2 is 1.81 bits per heavy atom. The van der Waals surface area contributed by atoms with E-state index in [4.69, 9.17) is 11.6 Å². The maximum atomic E-state index is 13.3. The van der Waals surface area contributed by atoms with Crippen molar-refractivity contribution in [3.05, 3.63) is 63.9 Å². The van der Waals surface area contributed by atoms with Crippen LogP contribution >= 0.6 is 11.6 Å². The van der Waals surface area contributed by atoms with Crippen LogP contribution in [-0.4, -0.2) is 0 Å². The smallest absolute Gasteiger partial charge is 0.381 e. The third kappa shape index (κ3) is 3.88. The fourth-order valence-electron chi connectivity index (χ4n) is 1.84. The first kappa shape index (κ1) is 15.6. The fraction of sp³-hybridized carbons (Fsp3) is 0.200. The van der Waals surface area contributed by atoms with Crippen LogP contribution in [0.5, 0.6) is 0 Å². The van der Waals surface area contributed by atoms with E-state index in [1.807, 2.05) is 0 Å². The lowest BCUT2D eigenvalue weighted by Gasteiger charge is -2.13. The van der Waals surface area contributed by atoms with Crippen LogP contribution in [0, 0.1) is 12.7 Å². The second-order valence-corrected chi connectivity index (χ2v) is 5.04. The van der Waals surface area contributed by atoms with Crippen LogP contribution in [0.15, 0.2) is 36.4 Å². The van der Waals surface area contributed by atoms with E-state index < -0.39 is 17.6 Å². The molecule has 0 aliphatic heterocycles. The van der Waals surface area contributed by atoms with E-state index in [0.29, 0.717) is 16.8 Å². The minimum absolute atomic E-state index is 0.00833. The summed E-state index contributed by atoms with van der Waals surface area (Å²) < 4.78 is 51.3. The molecule has 0 saturated carbocycles. The number of aryl methyl sites for hydroxylation is 1. The van der Waals surface area contributed by atoms with Gasteiger partial charge in [0.2, 0.25) is 0 Å². The first-order chi connectivity index (χ1) is 9.77. The summed E-state index contributed by atoms with van der Waals surface area (Å²) in [4.78, 5) is 0. The van der Waals surface area contributed by atoms with Crippen LogP contribution in [0.1, 0.15) is 16.7 Å². The van der Waals surface area contributed by atoms with Crippen molar-refractivity contribution in [1.29, 1.82) is 0 Å². The Morgan fingerprint density at radius 3 is 2.43 bits per heavy atom. The molecule has 0 atom stereocenters. The van der Waals surface area contributed by atoms with Gasteiger partial charge in [0, 0.05) is 12.2 Å². The molecule has 6 heteroatoms. The van der Waals surface area contributed by atoms with Crippen molar-refractivity contribution < 1.29 is 17.6 Å². The zero-order valence-electron chi connectivity index (χ0n) is 11.1. The van der Waals surface area contributed by atoms with E-state index >= 15 is 0 Å². The van der Waals surface area contributed by atoms with Gasteiger partial charge in [-0.1, -0.05) is 23.7 Å². The number of alkyl halides is 3. The highest BCUT2D eigenvalue weighted by Crippen LogP contribution is 2.32. The Kier molecular flexibility index (Phi) is 4.42. The van der Waals surface area contributed by atoms with E-state index in [2.05, 4.69) is 5.32 Å². The minimum atomic E-state index is -4.39. The number of nitrogens with one attached hydrogen (secondary N) is 1. The van der Waals surface area contributed by atoms with Crippen LogP contribution in [-0.2, 0) is 12.7 Å². The molecule has 1 N–H and O–H groups in total. The van der Waals surface area contributed by atoms with Crippen molar-refractivity contribution in [2.24, 2.45) is 0 Å². The maximum absolute atomic E-state index is 13.3. The lowest BCUT2D eigenvalue weighted by Crippen LogP contribution is -2.07. The molecule has 112 valence electrons. The van der Waals surface area contributed by atoms with E-state index in [1.165, 1.54) is 18.2 Å². The standard InChI is InChI=1S/C15H12ClF4N/c1-9-2-4-11(15(18,19)20)7-14(9)21-8-10-3-5-12(16)13(17)6-10/h2-7,21H,8H2,1H3. The first-order valence-electron chi connectivity index (χ1n) is 6.13. The molecule has 0 saturated heterocycles. The van der Waals surface area contributed by atoms with E-state index in [9.17, 15) is 17.6 Å². The Bertz CT molecular complexity index is 653. The predicted molar refractivity (Wildman–Crippen MR) is 74.9 cm³/mol. The fourth-order valence-corrected chi connectivity index (χ4v) is 1.95. The van der Waals surface area contributed by atoms with Crippen LogP contribution in [0.4, 0.5) is 23.2 Å². The van der Waals surface area contributed by atoms with Gasteiger partial charge in [-0.3, -0.25) is 0 Å². The van der Waals surface area contributed by atoms with Crippen LogP contribution in [0.25, 0.3) is 0 Å². The average molecular weight is 318 g/mol. The zero-order chi connectivity index (χ0) is 15.6. The molecule has 0 fully saturated rings. The Labute approximate surface area is 124 Å². The molecule has 0 unspecified atom stereocenters. The average Bonchev–Trinajstić information content (AvgIpc) is 2.40. The highest BCUT2D eigenvalue weighted by molar-refractivity contribution is 6.30. The Balaban J connectivity index is 2.17. The highest BCUT2D eigenvalue weighted by atomic mass is 35.5. The van der Waals surface area contributed by atoms with Gasteiger partial charge in [0.1, 0.15) is 5.82 Å². The summed E-state index contributed by atoms with van der Waals surface area (Å²) in [5.74, 6) is -0.559. The number of anilines is 1. The predicted octanol–water partition coefficient (Wildman–Crippen LogP) is 5.42. The molecule has 0 aromatic heterocycles. The number of halogens is 5. The molecule has 0 bridgehead atoms. The van der Waals surface area contributed by atoms with Gasteiger partial charge in [0.05, 0.1) is 10.6 Å². The van der Waals surface area contributed by atoms with Crippen molar-refractivity contribution in [3.8, 4) is 0 Å². The molecule has 0 heterocycles. The molecule has 0 spiro atoms. The van der Waals surface area contributed by atoms with E-state index in [0.717, 1.165) is 12.1 Å². The lowest BCUT2D eigenvalue weighted by molar-refractivity contribution is -0.137. The summed E-state index contributed by atoms with van der Waals surface area (Å²) in [6.07, 6.45) is -4.39. The number of hydrogen-bond acceptors (Lipinski definition) is 1. The molecule has 2 rings (SSSR count). The van der Waals surface area contributed by atoms with Crippen molar-refractivity contribution in [2.75, 3.05) is 5.32 Å². The molecular weight excluding hydrogens is 306 g/mol. The summed E-state index contributed by atoms with van der Waals surface area (Å²) in [6.45, 7) is 1.90. The Hall–Kier alpha value is -1.75. The molecule has 0 radical (unpaired) electrons. The van der Waals surface area contributed by atoms with Crippen molar-refractivity contribution in [3.63, 3.8) is 0 Å². The molecule has 2 aromatic rings. The van der Waals surface area contributed by atoms with Gasteiger partial charge >= 0.3 is 6.18 Å². The summed E-state index contributed by atoms with van der Waals surface area (Å²) in [7, 11) is 0. The summed E-state index contributed by atoms with van der Waals surface area (Å²) in [5.41, 5.74) is 0.907. The van der Waals surface area contributed by atoms with Crippen molar-refractivity contribution in [2.45, 2.75) is 19.6 Å². The van der Waals surface area contributed by atoms with Gasteiger partial charge in [-0.25, -0.2) is 4.39 Å². The summed E-state index contributed by atoms with van der Waals surface area (Å²) >= 11 is 5.57. The van der Waals surface area contributed by atoms with E-state index in [-0.39, 0.29) is 11.6 Å². The maximum Gasteiger partial charge on any atom is 0.416 e. The summed E-state index contributed by atoms with van der Waals surface area (Å²) in [5, 5.41) is 2.89. The molecule has 2 aromatic carbocycles.